The van der Waals surface area contributed by atoms with Crippen LogP contribution in [0.2, 0.25) is 0 Å². The minimum atomic E-state index is -0.539. The third-order valence-corrected chi connectivity index (χ3v) is 4.42. The molecule has 1 aliphatic rings. The molecule has 28 heavy (non-hydrogen) atoms. The highest BCUT2D eigenvalue weighted by molar-refractivity contribution is 5.94. The zero-order valence-electron chi connectivity index (χ0n) is 15.5. The number of ether oxygens (including phenoxy) is 1. The predicted molar refractivity (Wildman–Crippen MR) is 101 cm³/mol. The van der Waals surface area contributed by atoms with Crippen molar-refractivity contribution in [2.45, 2.75) is 13.0 Å². The number of hydrogen-bond donors (Lipinski definition) is 1. The monoisotopic (exact) mass is 389 g/mol. The first-order chi connectivity index (χ1) is 13.5. The summed E-state index contributed by atoms with van der Waals surface area (Å²) >= 11 is 0. The van der Waals surface area contributed by atoms with E-state index in [0.29, 0.717) is 30.9 Å². The number of carbonyl (C=O) groups excluding carboxylic acids is 2. The number of urea groups is 1. The van der Waals surface area contributed by atoms with E-state index in [9.17, 15) is 18.4 Å². The van der Waals surface area contributed by atoms with Gasteiger partial charge >= 0.3 is 6.03 Å². The van der Waals surface area contributed by atoms with Crippen LogP contribution < -0.4 is 10.2 Å². The Labute approximate surface area is 161 Å². The highest BCUT2D eigenvalue weighted by Crippen LogP contribution is 2.24. The number of halogens is 2. The first kappa shape index (κ1) is 19.8. The topological polar surface area (TPSA) is 61.9 Å². The van der Waals surface area contributed by atoms with E-state index in [1.807, 2.05) is 0 Å². The molecule has 0 aliphatic carbocycles. The van der Waals surface area contributed by atoms with Crippen molar-refractivity contribution in [1.82, 2.24) is 4.90 Å². The van der Waals surface area contributed by atoms with Crippen LogP contribution in [0.5, 0.6) is 0 Å². The van der Waals surface area contributed by atoms with E-state index in [1.54, 1.807) is 29.2 Å². The molecule has 1 heterocycles. The number of hydrogen-bond acceptors (Lipinski definition) is 3. The minimum Gasteiger partial charge on any atom is -0.375 e. The molecule has 1 aliphatic heterocycles. The number of benzene rings is 2. The summed E-state index contributed by atoms with van der Waals surface area (Å²) in [5.41, 5.74) is 1.40. The van der Waals surface area contributed by atoms with E-state index >= 15 is 0 Å². The van der Waals surface area contributed by atoms with E-state index < -0.39 is 11.6 Å². The molecule has 3 rings (SSSR count). The second kappa shape index (κ2) is 8.79. The Bertz CT molecular complexity index is 858. The molecule has 0 bridgehead atoms. The molecule has 0 aromatic heterocycles. The van der Waals surface area contributed by atoms with Gasteiger partial charge in [-0.25, -0.2) is 13.6 Å². The lowest BCUT2D eigenvalue weighted by Gasteiger charge is -2.35. The summed E-state index contributed by atoms with van der Waals surface area (Å²) in [6.07, 6.45) is 0.703. The number of anilines is 2. The molecule has 1 fully saturated rings. The summed E-state index contributed by atoms with van der Waals surface area (Å²) < 4.78 is 32.1. The van der Waals surface area contributed by atoms with Crippen molar-refractivity contribution >= 4 is 23.3 Å². The highest BCUT2D eigenvalue weighted by atomic mass is 19.1. The summed E-state index contributed by atoms with van der Waals surface area (Å²) in [5.74, 6) is -1.35. The smallest absolute Gasteiger partial charge is 0.324 e. The van der Waals surface area contributed by atoms with Gasteiger partial charge in [0.2, 0.25) is 5.91 Å². The van der Waals surface area contributed by atoms with Crippen LogP contribution >= 0.6 is 0 Å². The van der Waals surface area contributed by atoms with Crippen LogP contribution in [0, 0.1) is 11.6 Å². The SMILES string of the molecule is COCC(=O)Nc1ccc(N2CCCN(Cc3cc(F)ccc3F)C2=O)cc1. The molecule has 1 saturated heterocycles. The van der Waals surface area contributed by atoms with E-state index in [1.165, 1.54) is 12.0 Å². The van der Waals surface area contributed by atoms with Crippen molar-refractivity contribution in [2.75, 3.05) is 37.0 Å². The maximum atomic E-state index is 13.9. The van der Waals surface area contributed by atoms with Gasteiger partial charge in [0.25, 0.3) is 0 Å². The van der Waals surface area contributed by atoms with Crippen LogP contribution in [0.15, 0.2) is 42.5 Å². The predicted octanol–water partition coefficient (Wildman–Crippen LogP) is 3.38. The Morgan fingerprint density at radius 1 is 1.14 bits per heavy atom. The fourth-order valence-corrected chi connectivity index (χ4v) is 3.09. The van der Waals surface area contributed by atoms with E-state index in [0.717, 1.165) is 18.2 Å². The zero-order chi connectivity index (χ0) is 20.1. The van der Waals surface area contributed by atoms with Crippen LogP contribution in [0.3, 0.4) is 0 Å². The molecule has 3 amide bonds. The molecule has 1 N–H and O–H groups in total. The Morgan fingerprint density at radius 2 is 1.89 bits per heavy atom. The third kappa shape index (κ3) is 4.64. The van der Waals surface area contributed by atoms with Crippen molar-refractivity contribution in [3.8, 4) is 0 Å². The lowest BCUT2D eigenvalue weighted by molar-refractivity contribution is -0.119. The molecule has 0 spiro atoms. The van der Waals surface area contributed by atoms with Crippen LogP contribution in [-0.2, 0) is 16.1 Å². The van der Waals surface area contributed by atoms with Gasteiger partial charge in [-0.1, -0.05) is 0 Å². The highest BCUT2D eigenvalue weighted by Gasteiger charge is 2.27. The van der Waals surface area contributed by atoms with E-state index in [2.05, 4.69) is 5.32 Å². The average Bonchev–Trinajstić information content (AvgIpc) is 2.67. The fourth-order valence-electron chi connectivity index (χ4n) is 3.09. The molecule has 0 unspecified atom stereocenters. The van der Waals surface area contributed by atoms with Gasteiger partial charge in [0.15, 0.2) is 0 Å². The zero-order valence-corrected chi connectivity index (χ0v) is 15.5. The standard InChI is InChI=1S/C20H21F2N3O3/c1-28-13-19(26)23-16-4-6-17(7-5-16)25-10-2-9-24(20(25)27)12-14-11-15(21)3-8-18(14)22/h3-8,11H,2,9-10,12-13H2,1H3,(H,23,26). The van der Waals surface area contributed by atoms with Gasteiger partial charge in [0.1, 0.15) is 18.2 Å². The van der Waals surface area contributed by atoms with Gasteiger partial charge in [-0.15, -0.1) is 0 Å². The molecular weight excluding hydrogens is 368 g/mol. The first-order valence-corrected chi connectivity index (χ1v) is 8.87. The number of amides is 3. The molecule has 148 valence electrons. The molecule has 6 nitrogen and oxygen atoms in total. The van der Waals surface area contributed by atoms with Crippen molar-refractivity contribution in [3.63, 3.8) is 0 Å². The van der Waals surface area contributed by atoms with Gasteiger partial charge in [-0.05, 0) is 48.9 Å². The number of nitrogens with zero attached hydrogens (tertiary/aromatic N) is 2. The summed E-state index contributed by atoms with van der Waals surface area (Å²) in [6, 6.07) is 9.80. The van der Waals surface area contributed by atoms with E-state index in [4.69, 9.17) is 4.74 Å². The second-order valence-corrected chi connectivity index (χ2v) is 6.47. The second-order valence-electron chi connectivity index (χ2n) is 6.47. The number of methoxy groups -OCH3 is 1. The molecule has 0 saturated carbocycles. The summed E-state index contributed by atoms with van der Waals surface area (Å²) in [7, 11) is 1.44. The molecule has 0 radical (unpaired) electrons. The quantitative estimate of drug-likeness (QED) is 0.824. The molecule has 2 aromatic rings. The van der Waals surface area contributed by atoms with Crippen molar-refractivity contribution in [1.29, 1.82) is 0 Å². The lowest BCUT2D eigenvalue weighted by atomic mass is 10.1. The summed E-state index contributed by atoms with van der Waals surface area (Å²) in [6.45, 7) is 0.953. The molecule has 8 heteroatoms. The first-order valence-electron chi connectivity index (χ1n) is 8.87. The lowest BCUT2D eigenvalue weighted by Crippen LogP contribution is -2.49. The minimum absolute atomic E-state index is 0.00405. The number of nitrogens with one attached hydrogen (secondary N) is 1. The van der Waals surface area contributed by atoms with Gasteiger partial charge in [0, 0.05) is 37.1 Å². The van der Waals surface area contributed by atoms with E-state index in [-0.39, 0.29) is 30.7 Å². The third-order valence-electron chi connectivity index (χ3n) is 4.42. The maximum absolute atomic E-state index is 13.9. The molecule has 0 atom stereocenters. The Balaban J connectivity index is 1.70. The normalized spacial score (nSPS) is 14.3. The van der Waals surface area contributed by atoms with Gasteiger partial charge in [-0.2, -0.15) is 0 Å². The summed E-state index contributed by atoms with van der Waals surface area (Å²) in [4.78, 5) is 27.5. The van der Waals surface area contributed by atoms with Crippen LogP contribution in [0.4, 0.5) is 25.0 Å². The molecule has 2 aromatic carbocycles. The van der Waals surface area contributed by atoms with Crippen LogP contribution in [0.1, 0.15) is 12.0 Å². The fraction of sp³-hybridized carbons (Fsp3) is 0.300. The Kier molecular flexibility index (Phi) is 6.20. The van der Waals surface area contributed by atoms with Crippen LogP contribution in [-0.4, -0.2) is 43.6 Å². The van der Waals surface area contributed by atoms with Crippen molar-refractivity contribution < 1.29 is 23.1 Å². The van der Waals surface area contributed by atoms with Gasteiger partial charge < -0.3 is 15.0 Å². The number of carbonyl (C=O) groups is 2. The Morgan fingerprint density at radius 3 is 2.61 bits per heavy atom. The average molecular weight is 389 g/mol. The largest absolute Gasteiger partial charge is 0.375 e. The van der Waals surface area contributed by atoms with Crippen molar-refractivity contribution in [3.05, 3.63) is 59.7 Å². The van der Waals surface area contributed by atoms with Gasteiger partial charge in [-0.3, -0.25) is 9.69 Å². The van der Waals surface area contributed by atoms with Crippen molar-refractivity contribution in [2.24, 2.45) is 0 Å². The summed E-state index contributed by atoms with van der Waals surface area (Å²) in [5, 5.41) is 2.68. The number of rotatable bonds is 6. The maximum Gasteiger partial charge on any atom is 0.324 e. The molecular formula is C20H21F2N3O3. The Hall–Kier alpha value is -3.00. The van der Waals surface area contributed by atoms with Crippen LogP contribution in [0.25, 0.3) is 0 Å². The van der Waals surface area contributed by atoms with Gasteiger partial charge in [0.05, 0.1) is 6.54 Å².